The molecule has 0 radical (unpaired) electrons. The van der Waals surface area contributed by atoms with Gasteiger partial charge in [0.1, 0.15) is 0 Å². The lowest BCUT2D eigenvalue weighted by atomic mass is 10.0. The first-order valence-corrected chi connectivity index (χ1v) is 7.00. The number of benzene rings is 1. The van der Waals surface area contributed by atoms with Gasteiger partial charge in [0.15, 0.2) is 5.96 Å². The molecule has 21 heavy (non-hydrogen) atoms. The summed E-state index contributed by atoms with van der Waals surface area (Å²) >= 11 is 0. The Morgan fingerprint density at radius 2 is 2.19 bits per heavy atom. The summed E-state index contributed by atoms with van der Waals surface area (Å²) in [7, 11) is 0. The highest BCUT2D eigenvalue weighted by atomic mass is 127. The maximum Gasteiger partial charge on any atom is 0.248 e. The number of piperidine rings is 1. The van der Waals surface area contributed by atoms with Crippen LogP contribution in [0.5, 0.6) is 0 Å². The first kappa shape index (κ1) is 17.7. The molecule has 0 bridgehead atoms. The summed E-state index contributed by atoms with van der Waals surface area (Å²) in [4.78, 5) is 17.7. The lowest BCUT2D eigenvalue weighted by molar-refractivity contribution is 0.1000. The number of likely N-dealkylation sites (tertiary alicyclic amines) is 1. The summed E-state index contributed by atoms with van der Waals surface area (Å²) in [6.45, 7) is 4.64. The van der Waals surface area contributed by atoms with Crippen LogP contribution in [0, 0.1) is 5.92 Å². The van der Waals surface area contributed by atoms with Crippen molar-refractivity contribution in [3.63, 3.8) is 0 Å². The predicted octanol–water partition coefficient (Wildman–Crippen LogP) is 1.95. The highest BCUT2D eigenvalue weighted by Crippen LogP contribution is 2.15. The summed E-state index contributed by atoms with van der Waals surface area (Å²) in [6, 6.07) is 7.19. The fraction of sp³-hybridized carbons (Fsp3) is 0.467. The SMILES string of the molecule is CC1CCCN(C(N)=NCc2cccc(C(N)=O)c2)C1.I. The number of nitrogens with zero attached hydrogens (tertiary/aromatic N) is 2. The molecular formula is C15H23IN4O. The molecule has 1 aliphatic rings. The van der Waals surface area contributed by atoms with E-state index in [0.29, 0.717) is 24.0 Å². The maximum absolute atomic E-state index is 11.1. The van der Waals surface area contributed by atoms with E-state index in [-0.39, 0.29) is 24.0 Å². The molecule has 0 saturated carbocycles. The molecule has 1 saturated heterocycles. The minimum Gasteiger partial charge on any atom is -0.370 e. The highest BCUT2D eigenvalue weighted by Gasteiger charge is 2.17. The van der Waals surface area contributed by atoms with Gasteiger partial charge >= 0.3 is 0 Å². The highest BCUT2D eigenvalue weighted by molar-refractivity contribution is 14.0. The van der Waals surface area contributed by atoms with Crippen molar-refractivity contribution in [2.45, 2.75) is 26.3 Å². The third-order valence-corrected chi connectivity index (χ3v) is 3.62. The van der Waals surface area contributed by atoms with Crippen molar-refractivity contribution >= 4 is 35.8 Å². The fourth-order valence-electron chi connectivity index (χ4n) is 2.49. The van der Waals surface area contributed by atoms with Gasteiger partial charge in [-0.05, 0) is 36.5 Å². The van der Waals surface area contributed by atoms with Crippen molar-refractivity contribution in [2.75, 3.05) is 13.1 Å². The molecule has 1 aromatic rings. The van der Waals surface area contributed by atoms with Crippen molar-refractivity contribution in [3.8, 4) is 0 Å². The van der Waals surface area contributed by atoms with Crippen LogP contribution in [0.25, 0.3) is 0 Å². The Balaban J connectivity index is 0.00000220. The van der Waals surface area contributed by atoms with Gasteiger partial charge < -0.3 is 16.4 Å². The number of nitrogens with two attached hydrogens (primary N) is 2. The monoisotopic (exact) mass is 402 g/mol. The van der Waals surface area contributed by atoms with Crippen LogP contribution in [0.4, 0.5) is 0 Å². The van der Waals surface area contributed by atoms with Crippen molar-refractivity contribution in [1.82, 2.24) is 4.90 Å². The van der Waals surface area contributed by atoms with Crippen molar-refractivity contribution in [1.29, 1.82) is 0 Å². The molecular weight excluding hydrogens is 379 g/mol. The number of amides is 1. The zero-order valence-corrected chi connectivity index (χ0v) is 14.6. The molecule has 1 amide bonds. The minimum absolute atomic E-state index is 0. The smallest absolute Gasteiger partial charge is 0.248 e. The van der Waals surface area contributed by atoms with Gasteiger partial charge in [-0.15, -0.1) is 24.0 Å². The molecule has 116 valence electrons. The number of carbonyl (C=O) groups is 1. The summed E-state index contributed by atoms with van der Waals surface area (Å²) in [6.07, 6.45) is 2.42. The number of carbonyl (C=O) groups excluding carboxylic acids is 1. The van der Waals surface area contributed by atoms with Crippen molar-refractivity contribution in [2.24, 2.45) is 22.4 Å². The van der Waals surface area contributed by atoms with Crippen LogP contribution in [0.15, 0.2) is 29.3 Å². The number of hydrogen-bond donors (Lipinski definition) is 2. The van der Waals surface area contributed by atoms with E-state index in [9.17, 15) is 4.79 Å². The molecule has 0 aromatic heterocycles. The van der Waals surface area contributed by atoms with Crippen molar-refractivity contribution < 1.29 is 4.79 Å². The first-order valence-electron chi connectivity index (χ1n) is 7.00. The van der Waals surface area contributed by atoms with E-state index in [1.165, 1.54) is 6.42 Å². The first-order chi connectivity index (χ1) is 9.56. The zero-order valence-electron chi connectivity index (χ0n) is 12.3. The number of aliphatic imine (C=N–C) groups is 1. The van der Waals surface area contributed by atoms with Gasteiger partial charge in [-0.3, -0.25) is 4.79 Å². The van der Waals surface area contributed by atoms with E-state index in [2.05, 4.69) is 16.8 Å². The lowest BCUT2D eigenvalue weighted by Gasteiger charge is -2.31. The average Bonchev–Trinajstić information content (AvgIpc) is 2.45. The van der Waals surface area contributed by atoms with E-state index < -0.39 is 5.91 Å². The Morgan fingerprint density at radius 3 is 2.86 bits per heavy atom. The Morgan fingerprint density at radius 1 is 1.43 bits per heavy atom. The second-order valence-electron chi connectivity index (χ2n) is 5.43. The Hall–Kier alpha value is -1.31. The molecule has 1 unspecified atom stereocenters. The Labute approximate surface area is 142 Å². The number of halogens is 1. The molecule has 1 fully saturated rings. The zero-order chi connectivity index (χ0) is 14.5. The molecule has 1 heterocycles. The predicted molar refractivity (Wildman–Crippen MR) is 95.7 cm³/mol. The fourth-order valence-corrected chi connectivity index (χ4v) is 2.49. The van der Waals surface area contributed by atoms with Crippen LogP contribution in [-0.4, -0.2) is 29.9 Å². The summed E-state index contributed by atoms with van der Waals surface area (Å²) < 4.78 is 0. The lowest BCUT2D eigenvalue weighted by Crippen LogP contribution is -2.43. The van der Waals surface area contributed by atoms with Crippen LogP contribution in [-0.2, 0) is 6.54 Å². The molecule has 6 heteroatoms. The standard InChI is InChI=1S/C15H22N4O.HI/c1-11-4-3-7-19(10-11)15(17)18-9-12-5-2-6-13(8-12)14(16)20;/h2,5-6,8,11H,3-4,7,9-10H2,1H3,(H2,16,20)(H2,17,18);1H. The topological polar surface area (TPSA) is 84.7 Å². The Bertz CT molecular complexity index is 518. The molecule has 1 aromatic carbocycles. The summed E-state index contributed by atoms with van der Waals surface area (Å²) in [5.41, 5.74) is 12.7. The summed E-state index contributed by atoms with van der Waals surface area (Å²) in [5.74, 6) is 0.824. The largest absolute Gasteiger partial charge is 0.370 e. The van der Waals surface area contributed by atoms with Gasteiger partial charge in [-0.1, -0.05) is 19.1 Å². The van der Waals surface area contributed by atoms with E-state index >= 15 is 0 Å². The Kier molecular flexibility index (Phi) is 6.94. The maximum atomic E-state index is 11.1. The third-order valence-electron chi connectivity index (χ3n) is 3.62. The van der Waals surface area contributed by atoms with Gasteiger partial charge in [-0.25, -0.2) is 4.99 Å². The van der Waals surface area contributed by atoms with Gasteiger partial charge in [0.2, 0.25) is 5.91 Å². The van der Waals surface area contributed by atoms with E-state index in [1.54, 1.807) is 12.1 Å². The van der Waals surface area contributed by atoms with Crippen LogP contribution in [0.1, 0.15) is 35.7 Å². The van der Waals surface area contributed by atoms with Crippen molar-refractivity contribution in [3.05, 3.63) is 35.4 Å². The number of rotatable bonds is 3. The molecule has 0 spiro atoms. The number of guanidine groups is 1. The third kappa shape index (κ3) is 5.18. The van der Waals surface area contributed by atoms with Gasteiger partial charge in [0.05, 0.1) is 6.54 Å². The van der Waals surface area contributed by atoms with Crippen LogP contribution in [0.2, 0.25) is 0 Å². The van der Waals surface area contributed by atoms with Gasteiger partial charge in [0.25, 0.3) is 0 Å². The number of primary amides is 1. The van der Waals surface area contributed by atoms with Crippen LogP contribution in [0.3, 0.4) is 0 Å². The van der Waals surface area contributed by atoms with E-state index in [1.807, 2.05) is 12.1 Å². The minimum atomic E-state index is -0.423. The second kappa shape index (κ2) is 8.21. The number of hydrogen-bond acceptors (Lipinski definition) is 2. The quantitative estimate of drug-likeness (QED) is 0.461. The molecule has 2 rings (SSSR count). The molecule has 5 nitrogen and oxygen atoms in total. The van der Waals surface area contributed by atoms with Crippen LogP contribution < -0.4 is 11.5 Å². The molecule has 0 aliphatic carbocycles. The molecule has 1 aliphatic heterocycles. The van der Waals surface area contributed by atoms with Crippen LogP contribution >= 0.6 is 24.0 Å². The molecule has 4 N–H and O–H groups in total. The second-order valence-corrected chi connectivity index (χ2v) is 5.43. The normalized spacial score (nSPS) is 19.0. The van der Waals surface area contributed by atoms with Gasteiger partial charge in [0, 0.05) is 18.7 Å². The molecule has 1 atom stereocenters. The average molecular weight is 402 g/mol. The van der Waals surface area contributed by atoms with E-state index in [4.69, 9.17) is 11.5 Å². The van der Waals surface area contributed by atoms with E-state index in [0.717, 1.165) is 25.1 Å². The summed E-state index contributed by atoms with van der Waals surface area (Å²) in [5, 5.41) is 0. The van der Waals surface area contributed by atoms with Gasteiger partial charge in [-0.2, -0.15) is 0 Å².